The van der Waals surface area contributed by atoms with E-state index in [4.69, 9.17) is 10.5 Å². The summed E-state index contributed by atoms with van der Waals surface area (Å²) in [5, 5.41) is 0. The number of fused-ring (bicyclic) bond motifs is 1. The van der Waals surface area contributed by atoms with Crippen LogP contribution in [0.2, 0.25) is 0 Å². The molecule has 20 heavy (non-hydrogen) atoms. The number of likely N-dealkylation sites (tertiary alicyclic amines) is 1. The van der Waals surface area contributed by atoms with Crippen LogP contribution in [0.1, 0.15) is 40.5 Å². The molecule has 120 valence electrons. The van der Waals surface area contributed by atoms with Gasteiger partial charge in [-0.05, 0) is 51.4 Å². The molecule has 1 unspecified atom stereocenters. The van der Waals surface area contributed by atoms with Crippen molar-refractivity contribution >= 4 is 33.1 Å². The van der Waals surface area contributed by atoms with Gasteiger partial charge in [-0.2, -0.15) is 27.0 Å². The molecule has 0 spiro atoms. The Morgan fingerprint density at radius 2 is 1.90 bits per heavy atom. The fraction of sp³-hybridized carbons (Fsp3) is 0.929. The Kier molecular flexibility index (Phi) is 7.25. The quantitative estimate of drug-likeness (QED) is 0.807. The lowest BCUT2D eigenvalue weighted by molar-refractivity contribution is 0.0204. The summed E-state index contributed by atoms with van der Waals surface area (Å²) in [4.78, 5) is 14.1. The first kappa shape index (κ1) is 19.9. The zero-order valence-corrected chi connectivity index (χ0v) is 15.0. The van der Waals surface area contributed by atoms with E-state index in [2.05, 4.69) is 6.92 Å². The van der Waals surface area contributed by atoms with Crippen LogP contribution in [0, 0.1) is 17.8 Å². The molecule has 1 amide bonds. The van der Waals surface area contributed by atoms with Crippen LogP contribution in [-0.4, -0.2) is 35.7 Å². The Balaban J connectivity index is 0.00000180. The Morgan fingerprint density at radius 3 is 2.40 bits per heavy atom. The highest BCUT2D eigenvalue weighted by Crippen LogP contribution is 2.44. The van der Waals surface area contributed by atoms with Crippen LogP contribution in [0.25, 0.3) is 0 Å². The summed E-state index contributed by atoms with van der Waals surface area (Å²) in [6.45, 7) is 9.38. The molecule has 4 atom stereocenters. The van der Waals surface area contributed by atoms with E-state index in [1.54, 1.807) is 0 Å². The minimum atomic E-state index is -0.429. The second-order valence-electron chi connectivity index (χ2n) is 6.94. The number of nitrogens with zero attached hydrogens (tertiary/aromatic N) is 1. The Labute approximate surface area is 136 Å². The zero-order valence-electron chi connectivity index (χ0n) is 13.0. The molecule has 0 aromatic heterocycles. The van der Waals surface area contributed by atoms with Crippen molar-refractivity contribution in [2.75, 3.05) is 13.1 Å². The maximum Gasteiger partial charge on any atom is 0.410 e. The van der Waals surface area contributed by atoms with E-state index in [0.717, 1.165) is 12.5 Å². The van der Waals surface area contributed by atoms with Gasteiger partial charge in [0.15, 0.2) is 0 Å². The maximum atomic E-state index is 12.2. The van der Waals surface area contributed by atoms with Crippen LogP contribution < -0.4 is 5.73 Å². The molecule has 2 N–H and O–H groups in total. The normalized spacial score (nSPS) is 32.1. The molecule has 0 radical (unpaired) electrons. The predicted octanol–water partition coefficient (Wildman–Crippen LogP) is 2.45. The first-order chi connectivity index (χ1) is 8.31. The molecule has 2 aliphatic rings. The highest BCUT2D eigenvalue weighted by Gasteiger charge is 2.48. The number of hydrogen-bond donors (Lipinski definition) is 1. The van der Waals surface area contributed by atoms with E-state index in [-0.39, 0.29) is 39.1 Å². The van der Waals surface area contributed by atoms with E-state index < -0.39 is 5.60 Å². The third-order valence-corrected chi connectivity index (χ3v) is 4.18. The summed E-state index contributed by atoms with van der Waals surface area (Å²) >= 11 is 0. The number of nitrogens with two attached hydrogens (primary N) is 1. The highest BCUT2D eigenvalue weighted by molar-refractivity contribution is 7.59. The number of hydrogen-bond acceptors (Lipinski definition) is 3. The maximum absolute atomic E-state index is 12.2. The molecule has 1 aliphatic carbocycles. The van der Waals surface area contributed by atoms with Crippen molar-refractivity contribution in [1.82, 2.24) is 4.90 Å². The third kappa shape index (κ3) is 4.21. The minimum absolute atomic E-state index is 0. The van der Waals surface area contributed by atoms with Crippen LogP contribution in [0.15, 0.2) is 0 Å². The van der Waals surface area contributed by atoms with E-state index in [9.17, 15) is 4.79 Å². The van der Waals surface area contributed by atoms with Gasteiger partial charge < -0.3 is 15.4 Å². The second-order valence-corrected chi connectivity index (χ2v) is 6.94. The Morgan fingerprint density at radius 1 is 1.30 bits per heavy atom. The van der Waals surface area contributed by atoms with Gasteiger partial charge in [-0.3, -0.25) is 0 Å². The van der Waals surface area contributed by atoms with Crippen molar-refractivity contribution < 1.29 is 9.53 Å². The fourth-order valence-corrected chi connectivity index (χ4v) is 3.58. The van der Waals surface area contributed by atoms with Gasteiger partial charge in [-0.15, -0.1) is 0 Å². The van der Waals surface area contributed by atoms with Crippen molar-refractivity contribution in [3.63, 3.8) is 0 Å². The largest absolute Gasteiger partial charge is 0.444 e. The van der Waals surface area contributed by atoms with Crippen molar-refractivity contribution in [1.29, 1.82) is 0 Å². The highest BCUT2D eigenvalue weighted by atomic mass is 32.1. The van der Waals surface area contributed by atoms with Crippen molar-refractivity contribution in [2.24, 2.45) is 23.5 Å². The standard InChI is InChI=1S/C14H26N2O2.2H2S/c1-9-5-10-8-16(12(7-15)11(10)6-9)13(17)18-14(2,3)4;;/h9-12H,5-8,15H2,1-4H3;2*1H2/t9?,10-,11-,12+;;/m0../s1. The summed E-state index contributed by atoms with van der Waals surface area (Å²) in [7, 11) is 0. The molecule has 1 saturated carbocycles. The monoisotopic (exact) mass is 322 g/mol. The van der Waals surface area contributed by atoms with Gasteiger partial charge in [-0.1, -0.05) is 6.92 Å². The summed E-state index contributed by atoms with van der Waals surface area (Å²) in [5.41, 5.74) is 5.45. The van der Waals surface area contributed by atoms with Crippen molar-refractivity contribution in [2.45, 2.75) is 52.2 Å². The molecule has 1 heterocycles. The lowest BCUT2D eigenvalue weighted by atomic mass is 9.94. The molecule has 0 aromatic carbocycles. The number of ether oxygens (including phenoxy) is 1. The summed E-state index contributed by atoms with van der Waals surface area (Å²) in [6.07, 6.45) is 2.23. The van der Waals surface area contributed by atoms with Crippen LogP contribution >= 0.6 is 27.0 Å². The van der Waals surface area contributed by atoms with Crippen molar-refractivity contribution in [3.05, 3.63) is 0 Å². The molecule has 6 heteroatoms. The predicted molar refractivity (Wildman–Crippen MR) is 91.9 cm³/mol. The third-order valence-electron chi connectivity index (χ3n) is 4.18. The van der Waals surface area contributed by atoms with Crippen LogP contribution in [0.4, 0.5) is 4.79 Å². The lowest BCUT2D eigenvalue weighted by Gasteiger charge is -2.30. The van der Waals surface area contributed by atoms with Gasteiger partial charge in [0.05, 0.1) is 6.04 Å². The number of carbonyl (C=O) groups is 1. The number of rotatable bonds is 1. The molecule has 4 nitrogen and oxygen atoms in total. The van der Waals surface area contributed by atoms with Gasteiger partial charge in [-0.25, -0.2) is 4.79 Å². The SMILES string of the molecule is CC1C[C@H]2CN(C(=O)OC(C)(C)C)[C@H](CN)[C@H]2C1.S.S. The summed E-state index contributed by atoms with van der Waals surface area (Å²) in [5.74, 6) is 1.98. The van der Waals surface area contributed by atoms with Gasteiger partial charge in [0.2, 0.25) is 0 Å². The zero-order chi connectivity index (χ0) is 13.5. The minimum Gasteiger partial charge on any atom is -0.444 e. The van der Waals surface area contributed by atoms with Crippen molar-refractivity contribution in [3.8, 4) is 0 Å². The van der Waals surface area contributed by atoms with E-state index in [1.165, 1.54) is 12.8 Å². The van der Waals surface area contributed by atoms with E-state index >= 15 is 0 Å². The van der Waals surface area contributed by atoms with E-state index in [1.807, 2.05) is 25.7 Å². The van der Waals surface area contributed by atoms with Gasteiger partial charge in [0, 0.05) is 13.1 Å². The van der Waals surface area contributed by atoms with Gasteiger partial charge >= 0.3 is 6.09 Å². The smallest absolute Gasteiger partial charge is 0.410 e. The van der Waals surface area contributed by atoms with Crippen LogP contribution in [-0.2, 0) is 4.74 Å². The van der Waals surface area contributed by atoms with Gasteiger partial charge in [0.25, 0.3) is 0 Å². The molecular weight excluding hydrogens is 292 g/mol. The lowest BCUT2D eigenvalue weighted by Crippen LogP contribution is -2.45. The fourth-order valence-electron chi connectivity index (χ4n) is 3.58. The van der Waals surface area contributed by atoms with Crippen LogP contribution in [0.5, 0.6) is 0 Å². The molecular formula is C14H30N2O2S2. The topological polar surface area (TPSA) is 55.6 Å². The Hall–Kier alpha value is -0.0700. The summed E-state index contributed by atoms with van der Waals surface area (Å²) in [6, 6.07) is 0.176. The van der Waals surface area contributed by atoms with E-state index in [0.29, 0.717) is 18.4 Å². The summed E-state index contributed by atoms with van der Waals surface area (Å²) < 4.78 is 5.48. The Bertz CT molecular complexity index is 334. The average Bonchev–Trinajstić information content (AvgIpc) is 2.70. The van der Waals surface area contributed by atoms with Crippen LogP contribution in [0.3, 0.4) is 0 Å². The number of carbonyl (C=O) groups excluding carboxylic acids is 1. The average molecular weight is 323 g/mol. The molecule has 1 aliphatic heterocycles. The molecule has 0 bridgehead atoms. The molecule has 2 fully saturated rings. The molecule has 2 rings (SSSR count). The number of amides is 1. The first-order valence-electron chi connectivity index (χ1n) is 7.01. The molecule has 1 saturated heterocycles. The first-order valence-corrected chi connectivity index (χ1v) is 7.01. The second kappa shape index (κ2) is 7.27. The molecule has 0 aromatic rings. The van der Waals surface area contributed by atoms with Gasteiger partial charge in [0.1, 0.15) is 5.60 Å².